The van der Waals surface area contributed by atoms with E-state index < -0.39 is 48.4 Å². The number of aryl methyl sites for hydroxylation is 1. The number of amides is 5. The van der Waals surface area contributed by atoms with E-state index in [1.165, 1.54) is 35.1 Å². The van der Waals surface area contributed by atoms with Crippen molar-refractivity contribution in [3.8, 4) is 5.75 Å². The van der Waals surface area contributed by atoms with Crippen molar-refractivity contribution in [2.24, 2.45) is 0 Å². The van der Waals surface area contributed by atoms with Crippen molar-refractivity contribution in [2.75, 3.05) is 30.8 Å². The fourth-order valence-corrected chi connectivity index (χ4v) is 4.75. The highest BCUT2D eigenvalue weighted by Crippen LogP contribution is 2.24. The fourth-order valence-electron chi connectivity index (χ4n) is 4.75. The second-order valence-corrected chi connectivity index (χ2v) is 9.79. The smallest absolute Gasteiger partial charge is 0.323 e. The van der Waals surface area contributed by atoms with Gasteiger partial charge in [0, 0.05) is 30.5 Å². The van der Waals surface area contributed by atoms with Crippen LogP contribution in [0.15, 0.2) is 72.8 Å². The van der Waals surface area contributed by atoms with Gasteiger partial charge in [0.15, 0.2) is 6.17 Å². The van der Waals surface area contributed by atoms with E-state index >= 15 is 0 Å². The summed E-state index contributed by atoms with van der Waals surface area (Å²) in [5, 5.41) is 17.6. The van der Waals surface area contributed by atoms with Crippen LogP contribution < -0.4 is 20.7 Å². The Balaban J connectivity index is 1.65. The number of nitrogens with one attached hydrogen (secondary N) is 3. The molecule has 3 aromatic carbocycles. The number of anilines is 2. The summed E-state index contributed by atoms with van der Waals surface area (Å²) in [7, 11) is 1.49. The number of carboxylic acids is 1. The molecule has 4 N–H and O–H groups in total. The van der Waals surface area contributed by atoms with Crippen molar-refractivity contribution >= 4 is 35.3 Å². The molecule has 1 aliphatic rings. The summed E-state index contributed by atoms with van der Waals surface area (Å²) in [5.41, 5.74) is 2.00. The van der Waals surface area contributed by atoms with E-state index in [4.69, 9.17) is 4.74 Å². The van der Waals surface area contributed by atoms with Gasteiger partial charge in [0.05, 0.1) is 19.6 Å². The van der Waals surface area contributed by atoms with E-state index in [1.54, 1.807) is 42.5 Å². The monoisotopic (exact) mass is 577 g/mol. The van der Waals surface area contributed by atoms with E-state index in [1.807, 2.05) is 13.0 Å². The molecule has 220 valence electrons. The second-order valence-electron chi connectivity index (χ2n) is 9.79. The number of rotatable bonds is 8. The van der Waals surface area contributed by atoms with Gasteiger partial charge in [-0.25, -0.2) is 14.0 Å². The third kappa shape index (κ3) is 7.53. The lowest BCUT2D eigenvalue weighted by atomic mass is 10.0. The Morgan fingerprint density at radius 3 is 2.14 bits per heavy atom. The normalized spacial score (nSPS) is 15.4. The molecule has 5 amide bonds. The molecule has 1 saturated heterocycles. The Morgan fingerprint density at radius 2 is 1.55 bits per heavy atom. The molecular weight excluding hydrogens is 545 g/mol. The van der Waals surface area contributed by atoms with E-state index in [2.05, 4.69) is 16.0 Å². The number of hydrogen-bond donors (Lipinski definition) is 4. The second kappa shape index (κ2) is 13.5. The zero-order chi connectivity index (χ0) is 30.2. The number of carbonyl (C=O) groups excluding carboxylic acids is 3. The molecule has 0 aliphatic carbocycles. The van der Waals surface area contributed by atoms with Gasteiger partial charge < -0.3 is 25.8 Å². The molecule has 11 nitrogen and oxygen atoms in total. The first-order valence-electron chi connectivity index (χ1n) is 13.3. The quantitative estimate of drug-likeness (QED) is 0.309. The maximum Gasteiger partial charge on any atom is 0.323 e. The Morgan fingerprint density at radius 1 is 0.929 bits per heavy atom. The molecule has 12 heteroatoms. The van der Waals surface area contributed by atoms with Crippen molar-refractivity contribution in [1.29, 1.82) is 0 Å². The highest BCUT2D eigenvalue weighted by molar-refractivity contribution is 5.98. The van der Waals surface area contributed by atoms with Crippen molar-refractivity contribution in [2.45, 2.75) is 32.0 Å². The van der Waals surface area contributed by atoms with Crippen molar-refractivity contribution in [3.05, 3.63) is 89.7 Å². The summed E-state index contributed by atoms with van der Waals surface area (Å²) in [6.07, 6.45) is -1.52. The number of aliphatic carboxylic acids is 1. The number of carbonyl (C=O) groups is 4. The molecule has 3 aromatic rings. The van der Waals surface area contributed by atoms with Gasteiger partial charge in [-0.3, -0.25) is 19.4 Å². The van der Waals surface area contributed by atoms with Gasteiger partial charge in [0.25, 0.3) is 5.91 Å². The maximum absolute atomic E-state index is 13.9. The van der Waals surface area contributed by atoms with Crippen molar-refractivity contribution in [1.82, 2.24) is 15.1 Å². The Bertz CT molecular complexity index is 1470. The number of nitrogens with zero attached hydrogens (tertiary/aromatic N) is 2. The van der Waals surface area contributed by atoms with Crippen LogP contribution in [0, 0.1) is 12.7 Å². The highest BCUT2D eigenvalue weighted by atomic mass is 19.1. The van der Waals surface area contributed by atoms with E-state index in [-0.39, 0.29) is 18.8 Å². The molecule has 1 fully saturated rings. The minimum Gasteiger partial charge on any atom is -0.497 e. The first kappa shape index (κ1) is 29.8. The Hall–Kier alpha value is -5.13. The molecule has 2 unspecified atom stereocenters. The minimum atomic E-state index is -1.45. The molecule has 4 rings (SSSR count). The van der Waals surface area contributed by atoms with E-state index in [0.29, 0.717) is 23.4 Å². The van der Waals surface area contributed by atoms with Crippen LogP contribution in [0.4, 0.5) is 25.4 Å². The number of carboxylic acid groups (broad SMARTS) is 1. The number of halogens is 1. The third-order valence-corrected chi connectivity index (χ3v) is 6.68. The fraction of sp³-hybridized carbons (Fsp3) is 0.267. The summed E-state index contributed by atoms with van der Waals surface area (Å²) in [4.78, 5) is 54.9. The Kier molecular flexibility index (Phi) is 9.58. The van der Waals surface area contributed by atoms with Gasteiger partial charge in [-0.2, -0.15) is 0 Å². The Labute approximate surface area is 242 Å². The average molecular weight is 578 g/mol. The summed E-state index contributed by atoms with van der Waals surface area (Å²) in [6.45, 7) is 2.08. The van der Waals surface area contributed by atoms with Crippen LogP contribution in [0.3, 0.4) is 0 Å². The van der Waals surface area contributed by atoms with Gasteiger partial charge in [-0.05, 0) is 49.2 Å². The zero-order valence-electron chi connectivity index (χ0n) is 23.2. The van der Waals surface area contributed by atoms with E-state index in [9.17, 15) is 28.7 Å². The van der Waals surface area contributed by atoms with Crippen LogP contribution >= 0.6 is 0 Å². The maximum atomic E-state index is 13.9. The van der Waals surface area contributed by atoms with Crippen LogP contribution in [0.2, 0.25) is 0 Å². The van der Waals surface area contributed by atoms with Gasteiger partial charge >= 0.3 is 18.0 Å². The van der Waals surface area contributed by atoms with Crippen LogP contribution in [0.5, 0.6) is 5.75 Å². The molecule has 0 bridgehead atoms. The summed E-state index contributed by atoms with van der Waals surface area (Å²) in [6, 6.07) is 16.6. The van der Waals surface area contributed by atoms with Gasteiger partial charge in [-0.1, -0.05) is 42.0 Å². The number of methoxy groups -OCH3 is 1. The molecule has 1 heterocycles. The largest absolute Gasteiger partial charge is 0.497 e. The number of ether oxygens (including phenoxy) is 1. The lowest BCUT2D eigenvalue weighted by Gasteiger charge is -2.42. The average Bonchev–Trinajstić information content (AvgIpc) is 2.96. The first-order valence-corrected chi connectivity index (χ1v) is 13.3. The van der Waals surface area contributed by atoms with E-state index in [0.717, 1.165) is 11.6 Å². The highest BCUT2D eigenvalue weighted by Gasteiger charge is 2.41. The summed E-state index contributed by atoms with van der Waals surface area (Å²) in [5.74, 6) is -1.95. The topological polar surface area (TPSA) is 140 Å². The summed E-state index contributed by atoms with van der Waals surface area (Å²) >= 11 is 0. The first-order chi connectivity index (χ1) is 20.1. The molecule has 42 heavy (non-hydrogen) atoms. The minimum absolute atomic E-state index is 0.107. The predicted octanol–water partition coefficient (Wildman–Crippen LogP) is 4.57. The van der Waals surface area contributed by atoms with Crippen LogP contribution in [-0.2, 0) is 9.59 Å². The lowest BCUT2D eigenvalue weighted by molar-refractivity contribution is -0.138. The van der Waals surface area contributed by atoms with Crippen LogP contribution in [0.1, 0.15) is 30.0 Å². The molecule has 0 spiro atoms. The van der Waals surface area contributed by atoms with Crippen molar-refractivity contribution in [3.63, 3.8) is 0 Å². The van der Waals surface area contributed by atoms with Crippen LogP contribution in [0.25, 0.3) is 0 Å². The SMILES string of the molecule is COc1cccc(NC(=O)N2CCCN(C(=O)Nc3cccc(F)c3)C2C(=O)NC(CC(=O)O)c2cccc(C)c2)c1. The third-order valence-electron chi connectivity index (χ3n) is 6.68. The molecular formula is C30H32FN5O6. The number of benzene rings is 3. The number of urea groups is 2. The van der Waals surface area contributed by atoms with Crippen LogP contribution in [-0.4, -0.2) is 65.2 Å². The lowest BCUT2D eigenvalue weighted by Crippen LogP contribution is -2.65. The van der Waals surface area contributed by atoms with Gasteiger partial charge in [0.1, 0.15) is 11.6 Å². The summed E-state index contributed by atoms with van der Waals surface area (Å²) < 4.78 is 19.0. The molecule has 0 radical (unpaired) electrons. The van der Waals surface area contributed by atoms with Crippen molar-refractivity contribution < 1.29 is 33.4 Å². The standard InChI is InChI=1S/C30H32FN5O6/c1-19-7-3-8-20(15-19)25(18-26(37)38)34-27(39)28-35(29(40)32-22-10-4-9-21(31)16-22)13-6-14-36(28)30(41)33-23-11-5-12-24(17-23)42-2/h3-5,7-12,15-17,25,28H,6,13-14,18H2,1-2H3,(H,32,40)(H,33,41)(H,34,39)(H,37,38). The molecule has 0 saturated carbocycles. The predicted molar refractivity (Wildman–Crippen MR) is 154 cm³/mol. The van der Waals surface area contributed by atoms with Gasteiger partial charge in [-0.15, -0.1) is 0 Å². The molecule has 0 aromatic heterocycles. The zero-order valence-corrected chi connectivity index (χ0v) is 23.2. The molecule has 1 aliphatic heterocycles. The molecule has 2 atom stereocenters. The number of hydrogen-bond acceptors (Lipinski definition) is 5. The van der Waals surface area contributed by atoms with Gasteiger partial charge in [0.2, 0.25) is 0 Å².